The number of furan rings is 1. The first-order valence-corrected chi connectivity index (χ1v) is 9.27. The highest BCUT2D eigenvalue weighted by molar-refractivity contribution is 5.93. The third kappa shape index (κ3) is 4.40. The molecule has 0 saturated carbocycles. The van der Waals surface area contributed by atoms with Crippen molar-refractivity contribution in [3.8, 4) is 0 Å². The van der Waals surface area contributed by atoms with Crippen molar-refractivity contribution in [2.24, 2.45) is 0 Å². The fourth-order valence-electron chi connectivity index (χ4n) is 3.06. The van der Waals surface area contributed by atoms with Gasteiger partial charge < -0.3 is 19.5 Å². The Morgan fingerprint density at radius 2 is 1.76 bits per heavy atom. The maximum Gasteiger partial charge on any atom is 0.289 e. The van der Waals surface area contributed by atoms with E-state index in [4.69, 9.17) is 4.42 Å². The predicted molar refractivity (Wildman–Crippen MR) is 104 cm³/mol. The van der Waals surface area contributed by atoms with Crippen molar-refractivity contribution in [1.82, 2.24) is 24.8 Å². The Balaban J connectivity index is 1.30. The van der Waals surface area contributed by atoms with Crippen molar-refractivity contribution in [3.05, 3.63) is 72.3 Å². The van der Waals surface area contributed by atoms with Crippen molar-refractivity contribution in [2.75, 3.05) is 31.5 Å². The smallest absolute Gasteiger partial charge is 0.289 e. The fraction of sp³-hybridized carbons (Fsp3) is 0.250. The number of nitrogens with zero attached hydrogens (tertiary/aromatic N) is 5. The third-order valence-corrected chi connectivity index (χ3v) is 4.65. The number of anilines is 1. The molecule has 2 amide bonds. The molecule has 0 unspecified atom stereocenters. The number of carbonyl (C=O) groups is 2. The van der Waals surface area contributed by atoms with Crippen LogP contribution in [0.25, 0.3) is 0 Å². The minimum absolute atomic E-state index is 0.161. The second-order valence-electron chi connectivity index (χ2n) is 6.56. The summed E-state index contributed by atoms with van der Waals surface area (Å²) in [5.74, 6) is 0.539. The molecule has 3 aromatic heterocycles. The first-order chi connectivity index (χ1) is 14.2. The van der Waals surface area contributed by atoms with Crippen LogP contribution in [0.15, 0.2) is 59.7 Å². The van der Waals surface area contributed by atoms with Gasteiger partial charge in [-0.3, -0.25) is 14.6 Å². The lowest BCUT2D eigenvalue weighted by Crippen LogP contribution is -2.50. The number of nitrogens with one attached hydrogen (secondary N) is 1. The molecular weight excluding hydrogens is 372 g/mol. The maximum absolute atomic E-state index is 12.7. The topological polar surface area (TPSA) is 104 Å². The van der Waals surface area contributed by atoms with Crippen LogP contribution >= 0.6 is 0 Å². The standard InChI is InChI=1S/C20H20N6O3/c27-19(25-6-8-26(9-7-25)20(28)17-4-2-10-29-17)16-13-24-18(14-22-16)23-12-15-3-1-5-21-11-15/h1-5,10-11,13-14H,6-9,12H2,(H,23,24). The molecule has 0 aromatic carbocycles. The van der Waals surface area contributed by atoms with Crippen LogP contribution < -0.4 is 5.32 Å². The van der Waals surface area contributed by atoms with Crippen LogP contribution in [-0.2, 0) is 6.54 Å². The van der Waals surface area contributed by atoms with E-state index in [1.54, 1.807) is 40.5 Å². The van der Waals surface area contributed by atoms with Crippen molar-refractivity contribution in [2.45, 2.75) is 6.54 Å². The first kappa shape index (κ1) is 18.6. The predicted octanol–water partition coefficient (Wildman–Crippen LogP) is 1.67. The molecule has 0 bridgehead atoms. The van der Waals surface area contributed by atoms with E-state index in [0.29, 0.717) is 44.3 Å². The SMILES string of the molecule is O=C(c1cnc(NCc2cccnc2)cn1)N1CCN(C(=O)c2ccco2)CC1. The lowest BCUT2D eigenvalue weighted by molar-refractivity contribution is 0.0515. The van der Waals surface area contributed by atoms with Crippen LogP contribution in [-0.4, -0.2) is 62.7 Å². The van der Waals surface area contributed by atoms with Crippen molar-refractivity contribution >= 4 is 17.6 Å². The molecule has 148 valence electrons. The van der Waals surface area contributed by atoms with Crippen LogP contribution in [0.1, 0.15) is 26.6 Å². The summed E-state index contributed by atoms with van der Waals surface area (Å²) in [6, 6.07) is 7.15. The highest BCUT2D eigenvalue weighted by Gasteiger charge is 2.27. The lowest BCUT2D eigenvalue weighted by atomic mass is 10.2. The Kier molecular flexibility index (Phi) is 5.46. The molecule has 29 heavy (non-hydrogen) atoms. The molecule has 1 N–H and O–H groups in total. The molecule has 9 heteroatoms. The quantitative estimate of drug-likeness (QED) is 0.704. The van der Waals surface area contributed by atoms with E-state index in [-0.39, 0.29) is 17.5 Å². The van der Waals surface area contributed by atoms with Crippen molar-refractivity contribution in [3.63, 3.8) is 0 Å². The second kappa shape index (κ2) is 8.51. The molecule has 1 aliphatic rings. The average Bonchev–Trinajstić information content (AvgIpc) is 3.33. The van der Waals surface area contributed by atoms with E-state index in [2.05, 4.69) is 20.3 Å². The molecule has 0 aliphatic carbocycles. The van der Waals surface area contributed by atoms with Crippen LogP contribution in [0.5, 0.6) is 0 Å². The zero-order chi connectivity index (χ0) is 20.1. The Bertz CT molecular complexity index is 952. The summed E-state index contributed by atoms with van der Waals surface area (Å²) in [4.78, 5) is 40.9. The second-order valence-corrected chi connectivity index (χ2v) is 6.56. The number of hydrogen-bond acceptors (Lipinski definition) is 7. The monoisotopic (exact) mass is 392 g/mol. The summed E-state index contributed by atoms with van der Waals surface area (Å²) >= 11 is 0. The van der Waals surface area contributed by atoms with Gasteiger partial charge in [-0.05, 0) is 23.8 Å². The first-order valence-electron chi connectivity index (χ1n) is 9.27. The summed E-state index contributed by atoms with van der Waals surface area (Å²) in [5, 5.41) is 3.15. The molecule has 4 rings (SSSR count). The van der Waals surface area contributed by atoms with E-state index in [9.17, 15) is 9.59 Å². The number of piperazine rings is 1. The van der Waals surface area contributed by atoms with Crippen molar-refractivity contribution in [1.29, 1.82) is 0 Å². The van der Waals surface area contributed by atoms with Crippen LogP contribution in [0, 0.1) is 0 Å². The molecule has 1 aliphatic heterocycles. The maximum atomic E-state index is 12.7. The van der Waals surface area contributed by atoms with E-state index in [1.165, 1.54) is 12.5 Å². The normalized spacial score (nSPS) is 13.9. The zero-order valence-electron chi connectivity index (χ0n) is 15.7. The van der Waals surface area contributed by atoms with E-state index in [1.807, 2.05) is 12.1 Å². The van der Waals surface area contributed by atoms with E-state index < -0.39 is 0 Å². The number of rotatable bonds is 5. The number of hydrogen-bond donors (Lipinski definition) is 1. The van der Waals surface area contributed by atoms with Gasteiger partial charge in [0, 0.05) is 45.1 Å². The van der Waals surface area contributed by atoms with Gasteiger partial charge in [0.1, 0.15) is 11.5 Å². The molecular formula is C20H20N6O3. The van der Waals surface area contributed by atoms with Gasteiger partial charge >= 0.3 is 0 Å². The molecule has 0 radical (unpaired) electrons. The summed E-state index contributed by atoms with van der Waals surface area (Å²) in [6.45, 7) is 2.34. The Morgan fingerprint density at radius 1 is 0.966 bits per heavy atom. The molecule has 0 spiro atoms. The Hall–Kier alpha value is -3.75. The number of amides is 2. The van der Waals surface area contributed by atoms with Crippen LogP contribution in [0.3, 0.4) is 0 Å². The van der Waals surface area contributed by atoms with Gasteiger partial charge in [0.2, 0.25) is 0 Å². The highest BCUT2D eigenvalue weighted by atomic mass is 16.3. The molecule has 1 fully saturated rings. The number of carbonyl (C=O) groups excluding carboxylic acids is 2. The molecule has 4 heterocycles. The Morgan fingerprint density at radius 3 is 2.38 bits per heavy atom. The van der Waals surface area contributed by atoms with Crippen LogP contribution in [0.2, 0.25) is 0 Å². The van der Waals surface area contributed by atoms with Gasteiger partial charge in [-0.1, -0.05) is 6.07 Å². The van der Waals surface area contributed by atoms with Gasteiger partial charge in [0.05, 0.1) is 18.7 Å². The zero-order valence-corrected chi connectivity index (χ0v) is 15.7. The van der Waals surface area contributed by atoms with E-state index in [0.717, 1.165) is 5.56 Å². The van der Waals surface area contributed by atoms with Gasteiger partial charge in [-0.25, -0.2) is 9.97 Å². The largest absolute Gasteiger partial charge is 0.459 e. The summed E-state index contributed by atoms with van der Waals surface area (Å²) in [5.41, 5.74) is 1.30. The minimum Gasteiger partial charge on any atom is -0.459 e. The van der Waals surface area contributed by atoms with Gasteiger partial charge in [-0.2, -0.15) is 0 Å². The van der Waals surface area contributed by atoms with Gasteiger partial charge in [0.25, 0.3) is 11.8 Å². The minimum atomic E-state index is -0.193. The van der Waals surface area contributed by atoms with Crippen molar-refractivity contribution < 1.29 is 14.0 Å². The lowest BCUT2D eigenvalue weighted by Gasteiger charge is -2.34. The number of pyridine rings is 1. The Labute approximate surface area is 167 Å². The van der Waals surface area contributed by atoms with Gasteiger partial charge in [-0.15, -0.1) is 0 Å². The molecule has 9 nitrogen and oxygen atoms in total. The van der Waals surface area contributed by atoms with Gasteiger partial charge in [0.15, 0.2) is 5.76 Å². The molecule has 1 saturated heterocycles. The van der Waals surface area contributed by atoms with E-state index >= 15 is 0 Å². The van der Waals surface area contributed by atoms with Crippen LogP contribution in [0.4, 0.5) is 5.82 Å². The third-order valence-electron chi connectivity index (χ3n) is 4.65. The summed E-state index contributed by atoms with van der Waals surface area (Å²) < 4.78 is 5.15. The fourth-order valence-corrected chi connectivity index (χ4v) is 3.06. The summed E-state index contributed by atoms with van der Waals surface area (Å²) in [6.07, 6.45) is 7.97. The highest BCUT2D eigenvalue weighted by Crippen LogP contribution is 2.12. The molecule has 0 atom stereocenters. The average molecular weight is 392 g/mol. The number of aromatic nitrogens is 3. The molecule has 3 aromatic rings. The summed E-state index contributed by atoms with van der Waals surface area (Å²) in [7, 11) is 0.